The fraction of sp³-hybridized carbons (Fsp3) is 0.818. The number of rotatable bonds is 5. The van der Waals surface area contributed by atoms with E-state index in [-0.39, 0.29) is 6.04 Å². The molecule has 0 rings (SSSR count). The molecule has 0 heterocycles. The predicted octanol–water partition coefficient (Wildman–Crippen LogP) is 2.42. The molecule has 0 bridgehead atoms. The molecule has 0 aliphatic heterocycles. The third-order valence-electron chi connectivity index (χ3n) is 2.52. The second-order valence-electron chi connectivity index (χ2n) is 3.42. The van der Waals surface area contributed by atoms with E-state index in [1.807, 2.05) is 6.92 Å². The SMILES string of the molecule is C#CC(C)NC(C)C(CC)CC. The first-order valence-electron chi connectivity index (χ1n) is 4.87. The van der Waals surface area contributed by atoms with E-state index in [1.54, 1.807) is 0 Å². The van der Waals surface area contributed by atoms with Crippen molar-refractivity contribution in [3.05, 3.63) is 0 Å². The van der Waals surface area contributed by atoms with Gasteiger partial charge in [0.05, 0.1) is 6.04 Å². The maximum atomic E-state index is 5.29. The summed E-state index contributed by atoms with van der Waals surface area (Å²) in [7, 11) is 0. The maximum absolute atomic E-state index is 5.29. The van der Waals surface area contributed by atoms with Gasteiger partial charge < -0.3 is 5.32 Å². The first-order valence-corrected chi connectivity index (χ1v) is 4.87. The summed E-state index contributed by atoms with van der Waals surface area (Å²) in [6.07, 6.45) is 7.74. The normalized spacial score (nSPS) is 15.7. The van der Waals surface area contributed by atoms with Gasteiger partial charge in [-0.3, -0.25) is 0 Å². The van der Waals surface area contributed by atoms with Gasteiger partial charge in [-0.15, -0.1) is 6.42 Å². The Balaban J connectivity index is 3.85. The Hall–Kier alpha value is -0.480. The van der Waals surface area contributed by atoms with Crippen molar-refractivity contribution in [2.75, 3.05) is 0 Å². The van der Waals surface area contributed by atoms with E-state index >= 15 is 0 Å². The summed E-state index contributed by atoms with van der Waals surface area (Å²) in [5.74, 6) is 3.44. The highest BCUT2D eigenvalue weighted by molar-refractivity contribution is 4.97. The lowest BCUT2D eigenvalue weighted by molar-refractivity contribution is 0.346. The fourth-order valence-corrected chi connectivity index (χ4v) is 1.57. The second-order valence-corrected chi connectivity index (χ2v) is 3.42. The molecule has 0 amide bonds. The van der Waals surface area contributed by atoms with Crippen LogP contribution in [0.1, 0.15) is 40.5 Å². The van der Waals surface area contributed by atoms with Gasteiger partial charge in [0.25, 0.3) is 0 Å². The minimum atomic E-state index is 0.195. The largest absolute Gasteiger partial charge is 0.301 e. The van der Waals surface area contributed by atoms with Crippen LogP contribution in [-0.4, -0.2) is 12.1 Å². The predicted molar refractivity (Wildman–Crippen MR) is 55.0 cm³/mol. The van der Waals surface area contributed by atoms with E-state index in [9.17, 15) is 0 Å². The van der Waals surface area contributed by atoms with Crippen LogP contribution in [0.15, 0.2) is 0 Å². The molecule has 2 unspecified atom stereocenters. The number of nitrogens with one attached hydrogen (secondary N) is 1. The van der Waals surface area contributed by atoms with Crippen molar-refractivity contribution in [2.45, 2.75) is 52.6 Å². The third kappa shape index (κ3) is 3.78. The molecular weight excluding hydrogens is 146 g/mol. The molecule has 0 aliphatic carbocycles. The summed E-state index contributed by atoms with van der Waals surface area (Å²) in [4.78, 5) is 0. The Labute approximate surface area is 76.9 Å². The van der Waals surface area contributed by atoms with Crippen molar-refractivity contribution < 1.29 is 0 Å². The molecule has 0 radical (unpaired) electrons. The van der Waals surface area contributed by atoms with Crippen molar-refractivity contribution in [3.63, 3.8) is 0 Å². The average Bonchev–Trinajstić information content (AvgIpc) is 2.06. The van der Waals surface area contributed by atoms with Crippen molar-refractivity contribution in [1.82, 2.24) is 5.32 Å². The third-order valence-corrected chi connectivity index (χ3v) is 2.52. The van der Waals surface area contributed by atoms with E-state index in [0.717, 1.165) is 5.92 Å². The Morgan fingerprint density at radius 2 is 1.75 bits per heavy atom. The molecule has 70 valence electrons. The number of hydrogen-bond acceptors (Lipinski definition) is 1. The van der Waals surface area contributed by atoms with Crippen molar-refractivity contribution in [1.29, 1.82) is 0 Å². The monoisotopic (exact) mass is 167 g/mol. The zero-order chi connectivity index (χ0) is 9.56. The molecule has 1 heteroatoms. The van der Waals surface area contributed by atoms with Crippen LogP contribution >= 0.6 is 0 Å². The molecule has 0 saturated carbocycles. The molecule has 0 aromatic carbocycles. The topological polar surface area (TPSA) is 12.0 Å². The summed E-state index contributed by atoms with van der Waals surface area (Å²) in [6, 6.07) is 0.728. The molecule has 12 heavy (non-hydrogen) atoms. The van der Waals surface area contributed by atoms with E-state index in [4.69, 9.17) is 6.42 Å². The first-order chi connectivity index (χ1) is 5.65. The molecule has 0 aliphatic rings. The van der Waals surface area contributed by atoms with Gasteiger partial charge in [0, 0.05) is 6.04 Å². The zero-order valence-electron chi connectivity index (χ0n) is 8.72. The highest BCUT2D eigenvalue weighted by atomic mass is 14.9. The summed E-state index contributed by atoms with van der Waals surface area (Å²) in [6.45, 7) is 8.70. The minimum absolute atomic E-state index is 0.195. The highest BCUT2D eigenvalue weighted by Crippen LogP contribution is 2.12. The summed E-state index contributed by atoms with van der Waals surface area (Å²) < 4.78 is 0. The standard InChI is InChI=1S/C11H21N/c1-6-9(4)12-10(5)11(7-2)8-3/h1,9-12H,7-8H2,2-5H3. The van der Waals surface area contributed by atoms with Crippen LogP contribution < -0.4 is 5.32 Å². The molecule has 0 aromatic heterocycles. The zero-order valence-corrected chi connectivity index (χ0v) is 8.72. The summed E-state index contributed by atoms with van der Waals surface area (Å²) >= 11 is 0. The summed E-state index contributed by atoms with van der Waals surface area (Å²) in [5, 5.41) is 3.40. The molecule has 2 atom stereocenters. The van der Waals surface area contributed by atoms with Gasteiger partial charge >= 0.3 is 0 Å². The quantitative estimate of drug-likeness (QED) is 0.620. The molecular formula is C11H21N. The lowest BCUT2D eigenvalue weighted by Gasteiger charge is -2.24. The molecule has 0 aromatic rings. The minimum Gasteiger partial charge on any atom is -0.301 e. The second kappa shape index (κ2) is 6.08. The molecule has 1 N–H and O–H groups in total. The van der Waals surface area contributed by atoms with Crippen LogP contribution in [0, 0.1) is 18.3 Å². The number of terminal acetylenes is 1. The Bertz CT molecular complexity index is 142. The molecule has 1 nitrogen and oxygen atoms in total. The Morgan fingerprint density at radius 1 is 1.25 bits per heavy atom. The average molecular weight is 167 g/mol. The first kappa shape index (κ1) is 11.5. The van der Waals surface area contributed by atoms with Gasteiger partial charge in [0.2, 0.25) is 0 Å². The lowest BCUT2D eigenvalue weighted by atomic mass is 9.95. The van der Waals surface area contributed by atoms with Gasteiger partial charge in [-0.25, -0.2) is 0 Å². The van der Waals surface area contributed by atoms with Crippen LogP contribution in [0.5, 0.6) is 0 Å². The van der Waals surface area contributed by atoms with Crippen LogP contribution in [-0.2, 0) is 0 Å². The van der Waals surface area contributed by atoms with Crippen LogP contribution in [0.4, 0.5) is 0 Å². The maximum Gasteiger partial charge on any atom is 0.0660 e. The highest BCUT2D eigenvalue weighted by Gasteiger charge is 2.13. The Morgan fingerprint density at radius 3 is 2.08 bits per heavy atom. The molecule has 0 fully saturated rings. The van der Waals surface area contributed by atoms with E-state index in [2.05, 4.69) is 32.0 Å². The Kier molecular flexibility index (Phi) is 5.84. The van der Waals surface area contributed by atoms with Gasteiger partial charge in [-0.1, -0.05) is 32.6 Å². The van der Waals surface area contributed by atoms with E-state index in [0.29, 0.717) is 6.04 Å². The van der Waals surface area contributed by atoms with Crippen LogP contribution in [0.2, 0.25) is 0 Å². The smallest absolute Gasteiger partial charge is 0.0660 e. The van der Waals surface area contributed by atoms with Gasteiger partial charge in [0.1, 0.15) is 0 Å². The van der Waals surface area contributed by atoms with Crippen LogP contribution in [0.3, 0.4) is 0 Å². The van der Waals surface area contributed by atoms with Crippen molar-refractivity contribution in [2.24, 2.45) is 5.92 Å². The van der Waals surface area contributed by atoms with Crippen molar-refractivity contribution in [3.8, 4) is 12.3 Å². The number of hydrogen-bond donors (Lipinski definition) is 1. The van der Waals surface area contributed by atoms with Crippen molar-refractivity contribution >= 4 is 0 Å². The molecule has 0 spiro atoms. The molecule has 0 saturated heterocycles. The van der Waals surface area contributed by atoms with Crippen LogP contribution in [0.25, 0.3) is 0 Å². The van der Waals surface area contributed by atoms with E-state index < -0.39 is 0 Å². The van der Waals surface area contributed by atoms with Gasteiger partial charge in [-0.2, -0.15) is 0 Å². The van der Waals surface area contributed by atoms with Gasteiger partial charge in [0.15, 0.2) is 0 Å². The van der Waals surface area contributed by atoms with Gasteiger partial charge in [-0.05, 0) is 19.8 Å². The summed E-state index contributed by atoms with van der Waals surface area (Å²) in [5.41, 5.74) is 0. The lowest BCUT2D eigenvalue weighted by Crippen LogP contribution is -2.38. The van der Waals surface area contributed by atoms with E-state index in [1.165, 1.54) is 12.8 Å². The fourth-order valence-electron chi connectivity index (χ4n) is 1.57.